The molecular formula is C19H18N4. The third kappa shape index (κ3) is 2.36. The average Bonchev–Trinajstić information content (AvgIpc) is 2.93. The molecule has 2 atom stereocenters. The Bertz CT molecular complexity index is 853. The van der Waals surface area contributed by atoms with Gasteiger partial charge in [0.05, 0.1) is 5.69 Å². The average molecular weight is 302 g/mol. The van der Waals surface area contributed by atoms with Gasteiger partial charge in [-0.3, -0.25) is 4.98 Å². The Balaban J connectivity index is 1.73. The maximum atomic E-state index is 4.45. The first-order valence-electron chi connectivity index (χ1n) is 7.87. The highest BCUT2D eigenvalue weighted by molar-refractivity contribution is 5.94. The van der Waals surface area contributed by atoms with Gasteiger partial charge in [0.1, 0.15) is 0 Å². The molecule has 0 radical (unpaired) electrons. The molecule has 4 rings (SSSR count). The van der Waals surface area contributed by atoms with E-state index in [9.17, 15) is 0 Å². The Morgan fingerprint density at radius 1 is 0.870 bits per heavy atom. The molecule has 4 heteroatoms. The van der Waals surface area contributed by atoms with Gasteiger partial charge in [-0.15, -0.1) is 10.2 Å². The summed E-state index contributed by atoms with van der Waals surface area (Å²) in [5, 5.41) is 11.2. The van der Waals surface area contributed by atoms with E-state index in [1.165, 1.54) is 0 Å². The standard InChI is InChI=1S/C19H18N4/c1-13-7-8-14(2)23(13)19-10-9-18(21-22-19)17-12-20-11-15-5-3-4-6-16(15)17/h3-14H,1-2H3/t13-,14?/m0/s1. The van der Waals surface area contributed by atoms with Crippen LogP contribution in [0.1, 0.15) is 13.8 Å². The first-order valence-corrected chi connectivity index (χ1v) is 7.87. The maximum Gasteiger partial charge on any atom is 0.152 e. The van der Waals surface area contributed by atoms with Gasteiger partial charge in [0.15, 0.2) is 5.82 Å². The van der Waals surface area contributed by atoms with Gasteiger partial charge in [0.25, 0.3) is 0 Å². The van der Waals surface area contributed by atoms with E-state index in [1.54, 1.807) is 0 Å². The zero-order chi connectivity index (χ0) is 15.8. The number of aromatic nitrogens is 3. The largest absolute Gasteiger partial charge is 0.343 e. The molecule has 1 unspecified atom stereocenters. The SMILES string of the molecule is CC1C=C[C@H](C)N1c1ccc(-c2cncc3ccccc23)nn1. The van der Waals surface area contributed by atoms with Gasteiger partial charge in [-0.1, -0.05) is 36.4 Å². The van der Waals surface area contributed by atoms with Crippen molar-refractivity contribution in [1.29, 1.82) is 0 Å². The summed E-state index contributed by atoms with van der Waals surface area (Å²) in [4.78, 5) is 6.59. The molecule has 0 saturated carbocycles. The van der Waals surface area contributed by atoms with E-state index in [0.717, 1.165) is 27.8 Å². The van der Waals surface area contributed by atoms with Crippen LogP contribution in [0.5, 0.6) is 0 Å². The predicted molar refractivity (Wildman–Crippen MR) is 93.3 cm³/mol. The Labute approximate surface area is 135 Å². The fraction of sp³-hybridized carbons (Fsp3) is 0.211. The lowest BCUT2D eigenvalue weighted by molar-refractivity contribution is 0.707. The second kappa shape index (κ2) is 5.47. The molecule has 3 aromatic rings. The van der Waals surface area contributed by atoms with Gasteiger partial charge in [-0.25, -0.2) is 0 Å². The van der Waals surface area contributed by atoms with Gasteiger partial charge in [0.2, 0.25) is 0 Å². The molecule has 3 heterocycles. The van der Waals surface area contributed by atoms with Crippen molar-refractivity contribution in [3.05, 3.63) is 60.9 Å². The number of fused-ring (bicyclic) bond motifs is 1. The van der Waals surface area contributed by atoms with Crippen molar-refractivity contribution >= 4 is 16.6 Å². The van der Waals surface area contributed by atoms with Crippen LogP contribution in [-0.2, 0) is 0 Å². The van der Waals surface area contributed by atoms with Crippen LogP contribution in [0, 0.1) is 0 Å². The number of hydrogen-bond donors (Lipinski definition) is 0. The van der Waals surface area contributed by atoms with Crippen molar-refractivity contribution in [3.8, 4) is 11.3 Å². The summed E-state index contributed by atoms with van der Waals surface area (Å²) in [6.45, 7) is 4.34. The van der Waals surface area contributed by atoms with Crippen molar-refractivity contribution in [3.63, 3.8) is 0 Å². The fourth-order valence-electron chi connectivity index (χ4n) is 3.22. The summed E-state index contributed by atoms with van der Waals surface area (Å²) < 4.78 is 0. The highest BCUT2D eigenvalue weighted by atomic mass is 15.3. The molecular weight excluding hydrogens is 284 g/mol. The van der Waals surface area contributed by atoms with Crippen molar-refractivity contribution in [2.24, 2.45) is 0 Å². The Hall–Kier alpha value is -2.75. The Morgan fingerprint density at radius 3 is 2.39 bits per heavy atom. The molecule has 1 aromatic carbocycles. The van der Waals surface area contributed by atoms with Crippen LogP contribution >= 0.6 is 0 Å². The smallest absolute Gasteiger partial charge is 0.152 e. The lowest BCUT2D eigenvalue weighted by Gasteiger charge is -2.27. The molecule has 0 aliphatic carbocycles. The first kappa shape index (κ1) is 13.9. The summed E-state index contributed by atoms with van der Waals surface area (Å²) in [7, 11) is 0. The molecule has 0 fully saturated rings. The number of hydrogen-bond acceptors (Lipinski definition) is 4. The van der Waals surface area contributed by atoms with Gasteiger partial charge in [-0.2, -0.15) is 0 Å². The molecule has 0 spiro atoms. The molecule has 1 aliphatic rings. The summed E-state index contributed by atoms with van der Waals surface area (Å²) in [6, 6.07) is 13.0. The molecule has 0 amide bonds. The van der Waals surface area contributed by atoms with E-state index < -0.39 is 0 Å². The monoisotopic (exact) mass is 302 g/mol. The molecule has 2 aromatic heterocycles. The van der Waals surface area contributed by atoms with Crippen molar-refractivity contribution < 1.29 is 0 Å². The molecule has 114 valence electrons. The van der Waals surface area contributed by atoms with Crippen LogP contribution < -0.4 is 4.90 Å². The van der Waals surface area contributed by atoms with E-state index in [0.29, 0.717) is 12.1 Å². The number of benzene rings is 1. The molecule has 0 saturated heterocycles. The van der Waals surface area contributed by atoms with Crippen molar-refractivity contribution in [2.45, 2.75) is 25.9 Å². The van der Waals surface area contributed by atoms with E-state index in [2.05, 4.69) is 58.2 Å². The van der Waals surface area contributed by atoms with Gasteiger partial charge >= 0.3 is 0 Å². The molecule has 0 bridgehead atoms. The minimum absolute atomic E-state index is 0.351. The Morgan fingerprint density at radius 2 is 1.65 bits per heavy atom. The zero-order valence-electron chi connectivity index (χ0n) is 13.2. The van der Waals surface area contributed by atoms with Crippen LogP contribution in [0.15, 0.2) is 60.9 Å². The number of anilines is 1. The first-order chi connectivity index (χ1) is 11.2. The van der Waals surface area contributed by atoms with Crippen LogP contribution in [-0.4, -0.2) is 27.3 Å². The molecule has 1 aliphatic heterocycles. The van der Waals surface area contributed by atoms with Crippen molar-refractivity contribution in [1.82, 2.24) is 15.2 Å². The lowest BCUT2D eigenvalue weighted by atomic mass is 10.1. The summed E-state index contributed by atoms with van der Waals surface area (Å²) >= 11 is 0. The second-order valence-electron chi connectivity index (χ2n) is 5.96. The van der Waals surface area contributed by atoms with Gasteiger partial charge < -0.3 is 4.90 Å². The third-order valence-corrected chi connectivity index (χ3v) is 4.40. The minimum atomic E-state index is 0.351. The van der Waals surface area contributed by atoms with E-state index in [4.69, 9.17) is 0 Å². The summed E-state index contributed by atoms with van der Waals surface area (Å²) in [6.07, 6.45) is 8.14. The topological polar surface area (TPSA) is 41.9 Å². The highest BCUT2D eigenvalue weighted by Crippen LogP contribution is 2.28. The van der Waals surface area contributed by atoms with Crippen molar-refractivity contribution in [2.75, 3.05) is 4.90 Å². The normalized spacial score (nSPS) is 20.3. The molecule has 4 nitrogen and oxygen atoms in total. The van der Waals surface area contributed by atoms with Crippen LogP contribution in [0.25, 0.3) is 22.0 Å². The molecule has 0 N–H and O–H groups in total. The number of pyridine rings is 1. The number of rotatable bonds is 2. The van der Waals surface area contributed by atoms with Crippen LogP contribution in [0.4, 0.5) is 5.82 Å². The van der Waals surface area contributed by atoms with E-state index in [-0.39, 0.29) is 0 Å². The highest BCUT2D eigenvalue weighted by Gasteiger charge is 2.23. The maximum absolute atomic E-state index is 4.45. The number of nitrogens with zero attached hydrogens (tertiary/aromatic N) is 4. The summed E-state index contributed by atoms with van der Waals surface area (Å²) in [5.74, 6) is 0.909. The predicted octanol–water partition coefficient (Wildman–Crippen LogP) is 3.85. The van der Waals surface area contributed by atoms with Gasteiger partial charge in [0, 0.05) is 35.4 Å². The van der Waals surface area contributed by atoms with E-state index >= 15 is 0 Å². The molecule has 23 heavy (non-hydrogen) atoms. The quantitative estimate of drug-likeness (QED) is 0.674. The lowest BCUT2D eigenvalue weighted by Crippen LogP contribution is -2.34. The minimum Gasteiger partial charge on any atom is -0.343 e. The second-order valence-corrected chi connectivity index (χ2v) is 5.96. The fourth-order valence-corrected chi connectivity index (χ4v) is 3.22. The van der Waals surface area contributed by atoms with Crippen LogP contribution in [0.2, 0.25) is 0 Å². The summed E-state index contributed by atoms with van der Waals surface area (Å²) in [5.41, 5.74) is 1.87. The van der Waals surface area contributed by atoms with E-state index in [1.807, 2.05) is 36.7 Å². The zero-order valence-corrected chi connectivity index (χ0v) is 13.2. The third-order valence-electron chi connectivity index (χ3n) is 4.40. The Kier molecular flexibility index (Phi) is 3.30. The van der Waals surface area contributed by atoms with Gasteiger partial charge in [-0.05, 0) is 31.4 Å². The van der Waals surface area contributed by atoms with Crippen LogP contribution in [0.3, 0.4) is 0 Å².